The van der Waals surface area contributed by atoms with Crippen LogP contribution in [0.15, 0.2) is 29.9 Å². The molecule has 0 saturated carbocycles. The molecular formula is C11H13NO2. The Hall–Kier alpha value is -1.15. The molecule has 0 amide bonds. The summed E-state index contributed by atoms with van der Waals surface area (Å²) in [4.78, 5) is 12.9. The fourth-order valence-electron chi connectivity index (χ4n) is 1.80. The predicted molar refractivity (Wildman–Crippen MR) is 53.7 cm³/mol. The van der Waals surface area contributed by atoms with Gasteiger partial charge in [0, 0.05) is 13.1 Å². The van der Waals surface area contributed by atoms with Gasteiger partial charge in [-0.2, -0.15) is 0 Å². The number of nitrogens with zero attached hydrogens (tertiary/aromatic N) is 1. The van der Waals surface area contributed by atoms with Crippen molar-refractivity contribution in [3.8, 4) is 0 Å². The molecule has 1 heterocycles. The molecule has 1 saturated heterocycles. The molecule has 1 atom stereocenters. The average Bonchev–Trinajstić information content (AvgIpc) is 2.30. The monoisotopic (exact) mass is 191 g/mol. The van der Waals surface area contributed by atoms with Crippen molar-refractivity contribution in [1.82, 2.24) is 4.90 Å². The Morgan fingerprint density at radius 3 is 2.86 bits per heavy atom. The van der Waals surface area contributed by atoms with E-state index in [1.807, 2.05) is 30.2 Å². The van der Waals surface area contributed by atoms with Gasteiger partial charge in [-0.15, -0.1) is 0 Å². The summed E-state index contributed by atoms with van der Waals surface area (Å²) in [6, 6.07) is 0.0985. The minimum Gasteiger partial charge on any atom is -0.379 e. The van der Waals surface area contributed by atoms with Crippen molar-refractivity contribution in [1.29, 1.82) is 0 Å². The van der Waals surface area contributed by atoms with E-state index < -0.39 is 0 Å². The van der Waals surface area contributed by atoms with E-state index in [2.05, 4.69) is 4.90 Å². The van der Waals surface area contributed by atoms with Gasteiger partial charge in [0.25, 0.3) is 0 Å². The third-order valence-corrected chi connectivity index (χ3v) is 2.56. The maximum absolute atomic E-state index is 10.7. The molecule has 3 heteroatoms. The third kappa shape index (κ3) is 1.85. The molecule has 74 valence electrons. The maximum Gasteiger partial charge on any atom is 0.129 e. The van der Waals surface area contributed by atoms with Crippen LogP contribution >= 0.6 is 0 Å². The first-order valence-electron chi connectivity index (χ1n) is 4.83. The Labute approximate surface area is 83.3 Å². The summed E-state index contributed by atoms with van der Waals surface area (Å²) in [5.41, 5.74) is 0.717. The van der Waals surface area contributed by atoms with Crippen LogP contribution in [0.3, 0.4) is 0 Å². The molecule has 1 fully saturated rings. The lowest BCUT2D eigenvalue weighted by molar-refractivity contribution is 0.0319. The van der Waals surface area contributed by atoms with Gasteiger partial charge in [-0.3, -0.25) is 4.90 Å². The Bertz CT molecular complexity index is 307. The lowest BCUT2D eigenvalue weighted by Gasteiger charge is -2.33. The Balaban J connectivity index is 2.12. The summed E-state index contributed by atoms with van der Waals surface area (Å²) in [6.45, 7) is 3.27. The summed E-state index contributed by atoms with van der Waals surface area (Å²) in [6.07, 6.45) is 7.71. The highest BCUT2D eigenvalue weighted by atomic mass is 16.5. The highest BCUT2D eigenvalue weighted by Gasteiger charge is 2.22. The number of allylic oxidation sites excluding steroid dienone is 2. The van der Waals surface area contributed by atoms with Crippen molar-refractivity contribution in [3.05, 3.63) is 29.9 Å². The molecule has 2 aliphatic rings. The minimum atomic E-state index is 0.0985. The lowest BCUT2D eigenvalue weighted by Crippen LogP contribution is -2.43. The van der Waals surface area contributed by atoms with Crippen LogP contribution in [-0.4, -0.2) is 43.2 Å². The van der Waals surface area contributed by atoms with Crippen LogP contribution in [0, 0.1) is 0 Å². The topological polar surface area (TPSA) is 29.5 Å². The number of hydrogen-bond donors (Lipinski definition) is 0. The Morgan fingerprint density at radius 2 is 2.14 bits per heavy atom. The van der Waals surface area contributed by atoms with Gasteiger partial charge in [0.05, 0.1) is 24.8 Å². The number of rotatable bonds is 1. The molecule has 0 aromatic rings. The van der Waals surface area contributed by atoms with E-state index in [0.717, 1.165) is 31.9 Å². The van der Waals surface area contributed by atoms with Crippen molar-refractivity contribution in [3.63, 3.8) is 0 Å². The number of carbonyl (C=O) groups excluding carboxylic acids is 1. The molecule has 1 unspecified atom stereocenters. The molecule has 1 aliphatic heterocycles. The van der Waals surface area contributed by atoms with Crippen molar-refractivity contribution in [2.75, 3.05) is 26.3 Å². The van der Waals surface area contributed by atoms with E-state index in [9.17, 15) is 4.79 Å². The summed E-state index contributed by atoms with van der Waals surface area (Å²) >= 11 is 0. The smallest absolute Gasteiger partial charge is 0.129 e. The second kappa shape index (κ2) is 4.38. The zero-order valence-electron chi connectivity index (χ0n) is 7.98. The molecule has 2 rings (SSSR count). The van der Waals surface area contributed by atoms with Crippen LogP contribution in [-0.2, 0) is 9.53 Å². The van der Waals surface area contributed by atoms with Crippen molar-refractivity contribution in [2.45, 2.75) is 6.04 Å². The second-order valence-electron chi connectivity index (χ2n) is 3.39. The normalized spacial score (nSPS) is 27.7. The van der Waals surface area contributed by atoms with E-state index in [1.165, 1.54) is 0 Å². The Morgan fingerprint density at radius 1 is 1.36 bits per heavy atom. The molecular weight excluding hydrogens is 178 g/mol. The van der Waals surface area contributed by atoms with Crippen LogP contribution in [0.5, 0.6) is 0 Å². The van der Waals surface area contributed by atoms with E-state index in [0.29, 0.717) is 0 Å². The van der Waals surface area contributed by atoms with Gasteiger partial charge in [0.15, 0.2) is 0 Å². The van der Waals surface area contributed by atoms with E-state index in [-0.39, 0.29) is 6.04 Å². The molecule has 0 aromatic heterocycles. The standard InChI is InChI=1S/C11H13NO2/c13-9-10-3-1-2-4-11(10)12-5-7-14-8-6-12/h1-4,11H,5-8H2. The minimum absolute atomic E-state index is 0.0985. The van der Waals surface area contributed by atoms with Gasteiger partial charge < -0.3 is 4.74 Å². The zero-order chi connectivity index (χ0) is 9.80. The van der Waals surface area contributed by atoms with Crippen LogP contribution in [0.2, 0.25) is 0 Å². The molecule has 0 N–H and O–H groups in total. The van der Waals surface area contributed by atoms with Gasteiger partial charge in [-0.05, 0) is 6.08 Å². The van der Waals surface area contributed by atoms with Gasteiger partial charge in [0.1, 0.15) is 5.94 Å². The van der Waals surface area contributed by atoms with Crippen LogP contribution < -0.4 is 0 Å². The molecule has 1 aliphatic carbocycles. The first-order valence-corrected chi connectivity index (χ1v) is 4.83. The summed E-state index contributed by atoms with van der Waals surface area (Å²) in [5.74, 6) is 2.00. The molecule has 3 nitrogen and oxygen atoms in total. The van der Waals surface area contributed by atoms with Gasteiger partial charge in [-0.1, -0.05) is 18.2 Å². The first kappa shape index (κ1) is 9.41. The molecule has 0 spiro atoms. The summed E-state index contributed by atoms with van der Waals surface area (Å²) < 4.78 is 5.27. The number of ether oxygens (including phenoxy) is 1. The van der Waals surface area contributed by atoms with Crippen molar-refractivity contribution < 1.29 is 9.53 Å². The molecule has 0 radical (unpaired) electrons. The molecule has 0 aromatic carbocycles. The first-order chi connectivity index (χ1) is 6.92. The second-order valence-corrected chi connectivity index (χ2v) is 3.39. The van der Waals surface area contributed by atoms with Crippen LogP contribution in [0.25, 0.3) is 0 Å². The van der Waals surface area contributed by atoms with Gasteiger partial charge in [-0.25, -0.2) is 4.79 Å². The summed E-state index contributed by atoms with van der Waals surface area (Å²) in [7, 11) is 0. The fraction of sp³-hybridized carbons (Fsp3) is 0.455. The van der Waals surface area contributed by atoms with Crippen molar-refractivity contribution in [2.24, 2.45) is 0 Å². The Kier molecular flexibility index (Phi) is 2.94. The highest BCUT2D eigenvalue weighted by molar-refractivity contribution is 5.62. The van der Waals surface area contributed by atoms with Gasteiger partial charge in [0.2, 0.25) is 0 Å². The largest absolute Gasteiger partial charge is 0.379 e. The lowest BCUT2D eigenvalue weighted by atomic mass is 10.0. The van der Waals surface area contributed by atoms with Crippen LogP contribution in [0.1, 0.15) is 0 Å². The number of hydrogen-bond acceptors (Lipinski definition) is 3. The average molecular weight is 191 g/mol. The van der Waals surface area contributed by atoms with E-state index >= 15 is 0 Å². The van der Waals surface area contributed by atoms with Gasteiger partial charge >= 0.3 is 0 Å². The van der Waals surface area contributed by atoms with Crippen LogP contribution in [0.4, 0.5) is 0 Å². The predicted octanol–water partition coefficient (Wildman–Crippen LogP) is 0.571. The van der Waals surface area contributed by atoms with E-state index in [1.54, 1.807) is 0 Å². The maximum atomic E-state index is 10.7. The SMILES string of the molecule is O=C=C1C=CC=CC1N1CCOCC1. The fourth-order valence-corrected chi connectivity index (χ4v) is 1.80. The quantitative estimate of drug-likeness (QED) is 0.567. The molecule has 0 bridgehead atoms. The highest BCUT2D eigenvalue weighted by Crippen LogP contribution is 2.16. The van der Waals surface area contributed by atoms with Crippen molar-refractivity contribution >= 4 is 5.94 Å². The number of morpholine rings is 1. The molecule has 14 heavy (non-hydrogen) atoms. The summed E-state index contributed by atoms with van der Waals surface area (Å²) in [5, 5.41) is 0. The third-order valence-electron chi connectivity index (χ3n) is 2.56. The zero-order valence-corrected chi connectivity index (χ0v) is 7.98. The van der Waals surface area contributed by atoms with E-state index in [4.69, 9.17) is 4.74 Å².